The van der Waals surface area contributed by atoms with Crippen molar-refractivity contribution < 1.29 is 4.79 Å². The van der Waals surface area contributed by atoms with Crippen LogP contribution in [0.2, 0.25) is 0 Å². The maximum absolute atomic E-state index is 12.8. The molecule has 144 valence electrons. The van der Waals surface area contributed by atoms with Gasteiger partial charge in [-0.15, -0.1) is 0 Å². The Morgan fingerprint density at radius 3 is 2.39 bits per heavy atom. The fourth-order valence-corrected chi connectivity index (χ4v) is 4.74. The van der Waals surface area contributed by atoms with Crippen LogP contribution in [0.1, 0.15) is 46.3 Å². The molecule has 28 heavy (non-hydrogen) atoms. The number of guanidine groups is 1. The third kappa shape index (κ3) is 3.05. The van der Waals surface area contributed by atoms with Crippen molar-refractivity contribution in [1.82, 2.24) is 9.80 Å². The Labute approximate surface area is 165 Å². The van der Waals surface area contributed by atoms with Gasteiger partial charge in [-0.25, -0.2) is 4.99 Å². The van der Waals surface area contributed by atoms with Gasteiger partial charge in [0.2, 0.25) is 0 Å². The number of likely N-dealkylation sites (tertiary alicyclic amines) is 1. The lowest BCUT2D eigenvalue weighted by atomic mass is 10.0. The zero-order chi connectivity index (χ0) is 19.1. The van der Waals surface area contributed by atoms with Gasteiger partial charge in [0.15, 0.2) is 5.96 Å². The van der Waals surface area contributed by atoms with Gasteiger partial charge in [-0.1, -0.05) is 30.3 Å². The molecule has 5 heteroatoms. The third-order valence-corrected chi connectivity index (χ3v) is 6.32. The summed E-state index contributed by atoms with van der Waals surface area (Å²) in [6.45, 7) is 2.47. The summed E-state index contributed by atoms with van der Waals surface area (Å²) in [5.74, 6) is 0.679. The smallest absolute Gasteiger partial charge is 0.253 e. The molecule has 0 saturated carbocycles. The molecular formula is C23H26N4O. The van der Waals surface area contributed by atoms with E-state index in [1.54, 1.807) is 0 Å². The number of hydrogen-bond donors (Lipinski definition) is 1. The van der Waals surface area contributed by atoms with Gasteiger partial charge in [0.05, 0.1) is 5.69 Å². The number of piperidine rings is 1. The molecule has 2 N–H and O–H groups in total. The predicted octanol–water partition coefficient (Wildman–Crippen LogP) is 3.24. The maximum Gasteiger partial charge on any atom is 0.253 e. The summed E-state index contributed by atoms with van der Waals surface area (Å²) in [6, 6.07) is 14.9. The van der Waals surface area contributed by atoms with Crippen molar-refractivity contribution in [3.8, 4) is 0 Å². The summed E-state index contributed by atoms with van der Waals surface area (Å²) < 4.78 is 0. The van der Waals surface area contributed by atoms with Crippen molar-refractivity contribution >= 4 is 17.6 Å². The first-order valence-electron chi connectivity index (χ1n) is 10.3. The zero-order valence-corrected chi connectivity index (χ0v) is 16.1. The maximum atomic E-state index is 12.8. The van der Waals surface area contributed by atoms with Gasteiger partial charge >= 0.3 is 0 Å². The van der Waals surface area contributed by atoms with Gasteiger partial charge in [0.1, 0.15) is 0 Å². The van der Waals surface area contributed by atoms with Crippen LogP contribution in [0.25, 0.3) is 0 Å². The first kappa shape index (κ1) is 17.3. The normalized spacial score (nSPS) is 19.2. The highest BCUT2D eigenvalue weighted by Crippen LogP contribution is 2.32. The second kappa shape index (κ2) is 6.97. The van der Waals surface area contributed by atoms with Gasteiger partial charge in [0.25, 0.3) is 5.91 Å². The number of amides is 1. The lowest BCUT2D eigenvalue weighted by Gasteiger charge is -2.33. The number of benzene rings is 2. The van der Waals surface area contributed by atoms with E-state index in [1.807, 2.05) is 17.0 Å². The molecule has 5 rings (SSSR count). The molecule has 1 aliphatic carbocycles. The van der Waals surface area contributed by atoms with Gasteiger partial charge in [0, 0.05) is 31.2 Å². The molecule has 0 atom stereocenters. The molecule has 2 heterocycles. The summed E-state index contributed by atoms with van der Waals surface area (Å²) in [7, 11) is 0. The van der Waals surface area contributed by atoms with Crippen LogP contribution in [0.15, 0.2) is 47.5 Å². The zero-order valence-electron chi connectivity index (χ0n) is 16.1. The van der Waals surface area contributed by atoms with Crippen molar-refractivity contribution in [3.05, 3.63) is 64.7 Å². The molecule has 0 spiro atoms. The molecule has 0 radical (unpaired) electrons. The van der Waals surface area contributed by atoms with E-state index in [1.165, 1.54) is 17.5 Å². The fraction of sp³-hybridized carbons (Fsp3) is 0.391. The Morgan fingerprint density at radius 1 is 0.964 bits per heavy atom. The van der Waals surface area contributed by atoms with Crippen LogP contribution in [-0.2, 0) is 19.4 Å². The van der Waals surface area contributed by atoms with Gasteiger partial charge in [-0.05, 0) is 60.9 Å². The van der Waals surface area contributed by atoms with Crippen molar-refractivity contribution in [3.63, 3.8) is 0 Å². The van der Waals surface area contributed by atoms with Gasteiger partial charge < -0.3 is 15.5 Å². The number of fused-ring (bicyclic) bond motifs is 2. The highest BCUT2D eigenvalue weighted by molar-refractivity contribution is 5.96. The number of nitrogens with two attached hydrogens (primary N) is 1. The van der Waals surface area contributed by atoms with Gasteiger partial charge in [-0.2, -0.15) is 0 Å². The minimum Gasteiger partial charge on any atom is -0.369 e. The van der Waals surface area contributed by atoms with Crippen molar-refractivity contribution in [2.45, 2.75) is 44.7 Å². The van der Waals surface area contributed by atoms with E-state index in [0.29, 0.717) is 12.0 Å². The second-order valence-corrected chi connectivity index (χ2v) is 8.13. The van der Waals surface area contributed by atoms with E-state index in [0.717, 1.165) is 62.1 Å². The average Bonchev–Trinajstić information content (AvgIpc) is 3.17. The first-order chi connectivity index (χ1) is 13.7. The largest absolute Gasteiger partial charge is 0.369 e. The van der Waals surface area contributed by atoms with Crippen LogP contribution in [0.4, 0.5) is 5.69 Å². The van der Waals surface area contributed by atoms with Crippen LogP contribution in [0.5, 0.6) is 0 Å². The van der Waals surface area contributed by atoms with E-state index < -0.39 is 0 Å². The van der Waals surface area contributed by atoms with Gasteiger partial charge in [-0.3, -0.25) is 4.79 Å². The van der Waals surface area contributed by atoms with Crippen LogP contribution < -0.4 is 5.73 Å². The average molecular weight is 374 g/mol. The number of carbonyl (C=O) groups excluding carboxylic acids is 1. The molecule has 3 aliphatic rings. The molecule has 2 aromatic carbocycles. The summed E-state index contributed by atoms with van der Waals surface area (Å²) in [5.41, 5.74) is 11.9. The Balaban J connectivity index is 1.36. The summed E-state index contributed by atoms with van der Waals surface area (Å²) in [5, 5.41) is 0. The summed E-state index contributed by atoms with van der Waals surface area (Å²) >= 11 is 0. The number of hydrogen-bond acceptors (Lipinski definition) is 4. The molecule has 0 bridgehead atoms. The number of nitrogens with zero attached hydrogens (tertiary/aromatic N) is 3. The summed E-state index contributed by atoms with van der Waals surface area (Å²) in [6.07, 6.45) is 5.43. The molecule has 1 amide bonds. The Bertz CT molecular complexity index is 920. The lowest BCUT2D eigenvalue weighted by Crippen LogP contribution is -2.46. The molecule has 2 aliphatic heterocycles. The predicted molar refractivity (Wildman–Crippen MR) is 111 cm³/mol. The SMILES string of the molecule is NC1=Nc2cc(C(=O)N3CCCCC3)ccc2CN1C1Cc2ccccc2C1. The lowest BCUT2D eigenvalue weighted by molar-refractivity contribution is 0.0724. The van der Waals surface area contributed by atoms with E-state index in [2.05, 4.69) is 40.2 Å². The highest BCUT2D eigenvalue weighted by Gasteiger charge is 2.30. The minimum absolute atomic E-state index is 0.116. The topological polar surface area (TPSA) is 61.9 Å². The van der Waals surface area contributed by atoms with Crippen LogP contribution >= 0.6 is 0 Å². The third-order valence-electron chi connectivity index (χ3n) is 6.32. The van der Waals surface area contributed by atoms with E-state index >= 15 is 0 Å². The molecule has 2 aromatic rings. The Kier molecular flexibility index (Phi) is 4.30. The molecule has 0 aromatic heterocycles. The number of rotatable bonds is 2. The quantitative estimate of drug-likeness (QED) is 0.878. The standard InChI is InChI=1S/C23H26N4O/c24-23-25-21-14-18(22(28)26-10-4-1-5-11-26)8-9-19(21)15-27(23)20-12-16-6-2-3-7-17(16)13-20/h2-3,6-9,14,20H,1,4-5,10-13,15H2,(H2,24,25). The van der Waals surface area contributed by atoms with Crippen LogP contribution in [0, 0.1) is 0 Å². The monoisotopic (exact) mass is 374 g/mol. The second-order valence-electron chi connectivity index (χ2n) is 8.13. The molecule has 0 unspecified atom stereocenters. The number of aliphatic imine (C=N–C) groups is 1. The van der Waals surface area contributed by atoms with Crippen molar-refractivity contribution in [1.29, 1.82) is 0 Å². The van der Waals surface area contributed by atoms with Crippen molar-refractivity contribution in [2.24, 2.45) is 10.7 Å². The molecular weight excluding hydrogens is 348 g/mol. The molecule has 5 nitrogen and oxygen atoms in total. The van der Waals surface area contributed by atoms with Crippen LogP contribution in [-0.4, -0.2) is 40.8 Å². The first-order valence-corrected chi connectivity index (χ1v) is 10.3. The highest BCUT2D eigenvalue weighted by atomic mass is 16.2. The molecule has 1 fully saturated rings. The van der Waals surface area contributed by atoms with E-state index in [9.17, 15) is 4.79 Å². The van der Waals surface area contributed by atoms with Crippen molar-refractivity contribution in [2.75, 3.05) is 13.1 Å². The Hall–Kier alpha value is -2.82. The Morgan fingerprint density at radius 2 is 1.68 bits per heavy atom. The minimum atomic E-state index is 0.116. The fourth-order valence-electron chi connectivity index (χ4n) is 4.74. The summed E-state index contributed by atoms with van der Waals surface area (Å²) in [4.78, 5) is 21.7. The van der Waals surface area contributed by atoms with E-state index in [-0.39, 0.29) is 5.91 Å². The molecule has 1 saturated heterocycles. The van der Waals surface area contributed by atoms with Crippen LogP contribution in [0.3, 0.4) is 0 Å². The van der Waals surface area contributed by atoms with E-state index in [4.69, 9.17) is 5.73 Å². The number of carbonyl (C=O) groups is 1.